The first kappa shape index (κ1) is 27.1. The molecule has 1 aliphatic rings. The third-order valence-corrected chi connectivity index (χ3v) is 7.96. The predicted molar refractivity (Wildman–Crippen MR) is 139 cm³/mol. The van der Waals surface area contributed by atoms with E-state index in [1.54, 1.807) is 0 Å². The van der Waals surface area contributed by atoms with Gasteiger partial charge in [0.25, 0.3) is 0 Å². The molecule has 3 unspecified atom stereocenters. The van der Waals surface area contributed by atoms with Gasteiger partial charge in [-0.3, -0.25) is 0 Å². The van der Waals surface area contributed by atoms with Gasteiger partial charge in [-0.2, -0.15) is 0 Å². The molecule has 0 aromatic heterocycles. The summed E-state index contributed by atoms with van der Waals surface area (Å²) in [6.45, 7) is 15.6. The van der Waals surface area contributed by atoms with Crippen LogP contribution in [0.15, 0.2) is 0 Å². The number of benzene rings is 1. The lowest BCUT2D eigenvalue weighted by atomic mass is 9.87. The fourth-order valence-corrected chi connectivity index (χ4v) is 5.61. The molecular formula is C30H52O2. The number of hydrogen-bond acceptors (Lipinski definition) is 2. The van der Waals surface area contributed by atoms with Gasteiger partial charge in [0.15, 0.2) is 0 Å². The van der Waals surface area contributed by atoms with Gasteiger partial charge in [-0.15, -0.1) is 0 Å². The minimum atomic E-state index is 0.341. The fraction of sp³-hybridized carbons (Fsp3) is 0.800. The second kappa shape index (κ2) is 13.5. The summed E-state index contributed by atoms with van der Waals surface area (Å²) in [6.07, 6.45) is 17.4. The molecule has 0 aliphatic carbocycles. The smallest absolute Gasteiger partial charge is 0.126 e. The molecule has 32 heavy (non-hydrogen) atoms. The van der Waals surface area contributed by atoms with Crippen molar-refractivity contribution < 1.29 is 9.84 Å². The van der Waals surface area contributed by atoms with Crippen molar-refractivity contribution in [1.82, 2.24) is 0 Å². The first-order valence-corrected chi connectivity index (χ1v) is 13.7. The van der Waals surface area contributed by atoms with Gasteiger partial charge in [-0.1, -0.05) is 85.5 Å². The highest BCUT2D eigenvalue weighted by molar-refractivity contribution is 5.58. The minimum Gasteiger partial charge on any atom is -0.507 e. The van der Waals surface area contributed by atoms with E-state index >= 15 is 0 Å². The average Bonchev–Trinajstić information content (AvgIpc) is 2.76. The van der Waals surface area contributed by atoms with Crippen LogP contribution in [0.25, 0.3) is 0 Å². The van der Waals surface area contributed by atoms with Crippen molar-refractivity contribution in [1.29, 1.82) is 0 Å². The van der Waals surface area contributed by atoms with Gasteiger partial charge in [-0.05, 0) is 80.9 Å². The van der Waals surface area contributed by atoms with Crippen LogP contribution in [0.4, 0.5) is 0 Å². The molecule has 3 atom stereocenters. The van der Waals surface area contributed by atoms with Crippen molar-refractivity contribution >= 4 is 0 Å². The molecule has 2 heteroatoms. The molecule has 0 radical (unpaired) electrons. The molecule has 0 saturated heterocycles. The second-order valence-electron chi connectivity index (χ2n) is 11.3. The first-order valence-electron chi connectivity index (χ1n) is 13.7. The molecule has 0 amide bonds. The summed E-state index contributed by atoms with van der Waals surface area (Å²) in [7, 11) is 0. The van der Waals surface area contributed by atoms with E-state index in [4.69, 9.17) is 4.74 Å². The van der Waals surface area contributed by atoms with Gasteiger partial charge in [0.1, 0.15) is 11.5 Å². The van der Waals surface area contributed by atoms with Crippen LogP contribution in [0, 0.1) is 38.5 Å². The Hall–Kier alpha value is -1.18. The van der Waals surface area contributed by atoms with Crippen molar-refractivity contribution in [3.8, 4) is 11.5 Å². The summed E-state index contributed by atoms with van der Waals surface area (Å²) in [6, 6.07) is 0. The van der Waals surface area contributed by atoms with Gasteiger partial charge in [0.2, 0.25) is 0 Å². The lowest BCUT2D eigenvalue weighted by Crippen LogP contribution is -2.24. The highest BCUT2D eigenvalue weighted by atomic mass is 16.5. The van der Waals surface area contributed by atoms with Crippen molar-refractivity contribution in [3.05, 3.63) is 22.3 Å². The van der Waals surface area contributed by atoms with Crippen molar-refractivity contribution in [3.63, 3.8) is 0 Å². The van der Waals surface area contributed by atoms with Crippen LogP contribution in [0.2, 0.25) is 0 Å². The maximum atomic E-state index is 10.4. The molecule has 0 spiro atoms. The maximum absolute atomic E-state index is 10.4. The van der Waals surface area contributed by atoms with Crippen LogP contribution in [0.3, 0.4) is 0 Å². The van der Waals surface area contributed by atoms with E-state index in [1.165, 1.54) is 76.2 Å². The third kappa shape index (κ3) is 7.99. The summed E-state index contributed by atoms with van der Waals surface area (Å²) < 4.78 is 6.48. The number of ether oxygens (including phenoxy) is 1. The molecule has 1 aromatic carbocycles. The molecule has 1 aliphatic heterocycles. The minimum absolute atomic E-state index is 0.341. The van der Waals surface area contributed by atoms with E-state index in [2.05, 4.69) is 34.6 Å². The van der Waals surface area contributed by atoms with Gasteiger partial charge in [0, 0.05) is 5.56 Å². The van der Waals surface area contributed by atoms with Crippen LogP contribution in [-0.2, 0) is 6.42 Å². The van der Waals surface area contributed by atoms with Gasteiger partial charge in [0.05, 0.1) is 6.10 Å². The van der Waals surface area contributed by atoms with E-state index in [9.17, 15) is 5.11 Å². The van der Waals surface area contributed by atoms with Crippen LogP contribution >= 0.6 is 0 Å². The Kier molecular flexibility index (Phi) is 11.4. The zero-order valence-corrected chi connectivity index (χ0v) is 22.4. The van der Waals surface area contributed by atoms with Crippen LogP contribution in [0.1, 0.15) is 127 Å². The molecule has 0 bridgehead atoms. The molecular weight excluding hydrogens is 392 g/mol. The summed E-state index contributed by atoms with van der Waals surface area (Å²) in [4.78, 5) is 0. The third-order valence-electron chi connectivity index (χ3n) is 7.96. The van der Waals surface area contributed by atoms with Gasteiger partial charge >= 0.3 is 0 Å². The second-order valence-corrected chi connectivity index (χ2v) is 11.3. The van der Waals surface area contributed by atoms with E-state index in [1.807, 2.05) is 13.8 Å². The Balaban J connectivity index is 1.75. The van der Waals surface area contributed by atoms with E-state index < -0.39 is 0 Å². The lowest BCUT2D eigenvalue weighted by Gasteiger charge is -2.30. The quantitative estimate of drug-likeness (QED) is 0.310. The van der Waals surface area contributed by atoms with Gasteiger partial charge in [-0.25, -0.2) is 0 Å². The molecule has 1 heterocycles. The lowest BCUT2D eigenvalue weighted by molar-refractivity contribution is 0.155. The molecule has 2 rings (SSSR count). The van der Waals surface area contributed by atoms with Gasteiger partial charge < -0.3 is 9.84 Å². The topological polar surface area (TPSA) is 29.5 Å². The number of rotatable bonds is 14. The Morgan fingerprint density at radius 1 is 0.844 bits per heavy atom. The highest BCUT2D eigenvalue weighted by Crippen LogP contribution is 2.41. The number of phenols is 1. The normalized spacial score (nSPS) is 17.8. The number of aromatic hydroxyl groups is 1. The first-order chi connectivity index (χ1) is 15.2. The van der Waals surface area contributed by atoms with E-state index in [0.717, 1.165) is 53.0 Å². The molecule has 2 nitrogen and oxygen atoms in total. The van der Waals surface area contributed by atoms with Crippen LogP contribution in [-0.4, -0.2) is 11.2 Å². The monoisotopic (exact) mass is 444 g/mol. The number of hydrogen-bond donors (Lipinski definition) is 1. The molecule has 0 saturated carbocycles. The molecule has 0 fully saturated rings. The molecule has 1 aromatic rings. The van der Waals surface area contributed by atoms with E-state index in [-0.39, 0.29) is 0 Å². The predicted octanol–water partition coefficient (Wildman–Crippen LogP) is 9.23. The number of fused-ring (bicyclic) bond motifs is 1. The van der Waals surface area contributed by atoms with Crippen LogP contribution in [0.5, 0.6) is 11.5 Å². The van der Waals surface area contributed by atoms with Crippen molar-refractivity contribution in [2.75, 3.05) is 0 Å². The Morgan fingerprint density at radius 2 is 1.50 bits per heavy atom. The molecule has 1 N–H and O–H groups in total. The van der Waals surface area contributed by atoms with Crippen molar-refractivity contribution in [2.24, 2.45) is 17.8 Å². The Labute approximate surface area is 199 Å². The highest BCUT2D eigenvalue weighted by Gasteiger charge is 2.26. The average molecular weight is 445 g/mol. The summed E-state index contributed by atoms with van der Waals surface area (Å²) in [5.41, 5.74) is 4.35. The Bertz CT molecular complexity index is 691. The zero-order valence-electron chi connectivity index (χ0n) is 22.4. The van der Waals surface area contributed by atoms with Crippen LogP contribution < -0.4 is 4.74 Å². The summed E-state index contributed by atoms with van der Waals surface area (Å²) in [5.74, 6) is 4.15. The summed E-state index contributed by atoms with van der Waals surface area (Å²) in [5, 5.41) is 10.4. The number of phenolic OH excluding ortho intramolecular Hbond substituents is 1. The standard InChI is InChI=1S/C30H52O2/c1-8-12-26(16-10-15-22(4)14-9-13-21(2)3)17-11-18-27-19-20-28-25(7)29(31)23(5)24(6)30(28)32-27/h21-22,26-27,31H,8-20H2,1-7H3. The largest absolute Gasteiger partial charge is 0.507 e. The SMILES string of the molecule is CCCC(CCCC(C)CCCC(C)C)CCCC1CCc2c(C)c(O)c(C)c(C)c2O1. The zero-order chi connectivity index (χ0) is 23.7. The molecule has 184 valence electrons. The Morgan fingerprint density at radius 3 is 2.16 bits per heavy atom. The summed E-state index contributed by atoms with van der Waals surface area (Å²) >= 11 is 0. The maximum Gasteiger partial charge on any atom is 0.126 e. The van der Waals surface area contributed by atoms with Crippen molar-refractivity contribution in [2.45, 2.75) is 138 Å². The van der Waals surface area contributed by atoms with E-state index in [0.29, 0.717) is 11.9 Å². The fourth-order valence-electron chi connectivity index (χ4n) is 5.61.